The van der Waals surface area contributed by atoms with Gasteiger partial charge in [0.25, 0.3) is 5.78 Å². The molecule has 2 amide bonds. The molecule has 0 aliphatic rings. The van der Waals surface area contributed by atoms with Crippen molar-refractivity contribution in [3.63, 3.8) is 0 Å². The predicted molar refractivity (Wildman–Crippen MR) is 119 cm³/mol. The van der Waals surface area contributed by atoms with Crippen molar-refractivity contribution in [3.8, 4) is 0 Å². The second kappa shape index (κ2) is 9.13. The van der Waals surface area contributed by atoms with Gasteiger partial charge >= 0.3 is 6.03 Å². The summed E-state index contributed by atoms with van der Waals surface area (Å²) in [5.41, 5.74) is 2.83. The van der Waals surface area contributed by atoms with Crippen LogP contribution in [0.15, 0.2) is 64.8 Å². The lowest BCUT2D eigenvalue weighted by Gasteiger charge is -2.13. The van der Waals surface area contributed by atoms with Crippen LogP contribution in [0.3, 0.4) is 0 Å². The fraction of sp³-hybridized carbons (Fsp3) is 0.182. The molecule has 2 N–H and O–H groups in total. The molecule has 31 heavy (non-hydrogen) atoms. The zero-order chi connectivity index (χ0) is 21.8. The number of halogens is 1. The fourth-order valence-electron chi connectivity index (χ4n) is 3.16. The second-order valence-corrected chi connectivity index (χ2v) is 7.95. The number of aromatic nitrogens is 4. The van der Waals surface area contributed by atoms with E-state index in [9.17, 15) is 9.18 Å². The largest absolute Gasteiger partial charge is 0.323 e. The van der Waals surface area contributed by atoms with Crippen LogP contribution in [0.25, 0.3) is 5.78 Å². The van der Waals surface area contributed by atoms with Crippen molar-refractivity contribution in [1.29, 1.82) is 0 Å². The molecule has 0 atom stereocenters. The van der Waals surface area contributed by atoms with E-state index in [1.54, 1.807) is 40.5 Å². The molecule has 0 unspecified atom stereocenters. The van der Waals surface area contributed by atoms with E-state index in [4.69, 9.17) is 0 Å². The minimum Gasteiger partial charge on any atom is -0.308 e. The predicted octanol–water partition coefficient (Wildman–Crippen LogP) is 5.32. The van der Waals surface area contributed by atoms with Crippen LogP contribution in [0.2, 0.25) is 0 Å². The summed E-state index contributed by atoms with van der Waals surface area (Å²) in [6.45, 7) is 4.12. The number of aryl methyl sites for hydroxylation is 1. The standard InChI is InChI=1S/C22H21FN6OS/c1-3-6-17-14(2)26-21-24-13-25-29(21)20(17)31-16-11-9-15(10-12-16)27-22(30)28-19-8-5-4-7-18(19)23/h4-5,7-13H,3,6H2,1-2H3,(H2,27,28,30). The van der Waals surface area contributed by atoms with Crippen molar-refractivity contribution in [3.05, 3.63) is 71.9 Å². The zero-order valence-corrected chi connectivity index (χ0v) is 17.9. The summed E-state index contributed by atoms with van der Waals surface area (Å²) in [5.74, 6) is 0.0855. The number of carbonyl (C=O) groups is 1. The number of amides is 2. The molecule has 0 radical (unpaired) electrons. The Morgan fingerprint density at radius 1 is 1.13 bits per heavy atom. The highest BCUT2D eigenvalue weighted by Crippen LogP contribution is 2.33. The molecule has 0 saturated heterocycles. The van der Waals surface area contributed by atoms with E-state index < -0.39 is 11.8 Å². The summed E-state index contributed by atoms with van der Waals surface area (Å²) in [4.78, 5) is 21.9. The molecule has 0 saturated carbocycles. The third-order valence-corrected chi connectivity index (χ3v) is 5.75. The third-order valence-electron chi connectivity index (χ3n) is 4.63. The number of rotatable bonds is 6. The van der Waals surface area contributed by atoms with Gasteiger partial charge in [0.1, 0.15) is 17.2 Å². The first-order valence-corrected chi connectivity index (χ1v) is 10.7. The maximum Gasteiger partial charge on any atom is 0.323 e. The highest BCUT2D eigenvalue weighted by Gasteiger charge is 2.15. The average Bonchev–Trinajstić information content (AvgIpc) is 3.22. The van der Waals surface area contributed by atoms with Gasteiger partial charge in [-0.15, -0.1) is 0 Å². The fourth-order valence-corrected chi connectivity index (χ4v) is 4.25. The number of nitrogens with zero attached hydrogens (tertiary/aromatic N) is 4. The normalized spacial score (nSPS) is 10.9. The molecule has 4 rings (SSSR count). The highest BCUT2D eigenvalue weighted by atomic mass is 32.2. The Morgan fingerprint density at radius 2 is 1.90 bits per heavy atom. The highest BCUT2D eigenvalue weighted by molar-refractivity contribution is 7.99. The van der Waals surface area contributed by atoms with Crippen molar-refractivity contribution in [2.45, 2.75) is 36.6 Å². The molecule has 158 valence electrons. The van der Waals surface area contributed by atoms with Gasteiger partial charge in [-0.2, -0.15) is 14.6 Å². The Hall–Kier alpha value is -3.46. The molecular weight excluding hydrogens is 415 g/mol. The van der Waals surface area contributed by atoms with Crippen molar-refractivity contribution in [2.24, 2.45) is 0 Å². The Kier molecular flexibility index (Phi) is 6.13. The van der Waals surface area contributed by atoms with Gasteiger partial charge in [-0.1, -0.05) is 37.2 Å². The van der Waals surface area contributed by atoms with Gasteiger partial charge in [-0.25, -0.2) is 14.2 Å². The quantitative estimate of drug-likeness (QED) is 0.400. The summed E-state index contributed by atoms with van der Waals surface area (Å²) in [6, 6.07) is 12.9. The van der Waals surface area contributed by atoms with Crippen LogP contribution in [-0.4, -0.2) is 25.6 Å². The number of hydrogen-bond donors (Lipinski definition) is 2. The van der Waals surface area contributed by atoms with Gasteiger partial charge in [0.15, 0.2) is 0 Å². The molecule has 2 aromatic carbocycles. The first kappa shape index (κ1) is 20.8. The molecule has 4 aromatic rings. The van der Waals surface area contributed by atoms with Crippen LogP contribution < -0.4 is 10.6 Å². The molecule has 0 spiro atoms. The lowest BCUT2D eigenvalue weighted by molar-refractivity contribution is 0.262. The SMILES string of the molecule is CCCc1c(C)nc2ncnn2c1Sc1ccc(NC(=O)Nc2ccccc2F)cc1. The van der Waals surface area contributed by atoms with Crippen molar-refractivity contribution in [2.75, 3.05) is 10.6 Å². The van der Waals surface area contributed by atoms with E-state index in [1.807, 2.05) is 19.1 Å². The zero-order valence-electron chi connectivity index (χ0n) is 17.1. The summed E-state index contributed by atoms with van der Waals surface area (Å²) in [7, 11) is 0. The maximum absolute atomic E-state index is 13.7. The Labute approximate surface area is 183 Å². The monoisotopic (exact) mass is 436 g/mol. The molecular formula is C22H21FN6OS. The van der Waals surface area contributed by atoms with Crippen LogP contribution in [0.5, 0.6) is 0 Å². The van der Waals surface area contributed by atoms with Crippen LogP contribution in [-0.2, 0) is 6.42 Å². The van der Waals surface area contributed by atoms with E-state index in [0.29, 0.717) is 11.5 Å². The molecule has 0 aliphatic heterocycles. The summed E-state index contributed by atoms with van der Waals surface area (Å²) >= 11 is 1.58. The van der Waals surface area contributed by atoms with Crippen molar-refractivity contribution in [1.82, 2.24) is 19.6 Å². The number of urea groups is 1. The summed E-state index contributed by atoms with van der Waals surface area (Å²) < 4.78 is 15.5. The molecule has 7 nitrogen and oxygen atoms in total. The van der Waals surface area contributed by atoms with E-state index in [1.165, 1.54) is 18.5 Å². The average molecular weight is 437 g/mol. The first-order chi connectivity index (χ1) is 15.0. The molecule has 0 bridgehead atoms. The number of anilines is 2. The van der Waals surface area contributed by atoms with Gasteiger partial charge in [-0.05, 0) is 49.7 Å². The van der Waals surface area contributed by atoms with Crippen molar-refractivity contribution >= 4 is 34.9 Å². The topological polar surface area (TPSA) is 84.2 Å². The number of para-hydroxylation sites is 1. The number of fused-ring (bicyclic) bond motifs is 1. The number of hydrogen-bond acceptors (Lipinski definition) is 5. The van der Waals surface area contributed by atoms with Crippen LogP contribution in [0.4, 0.5) is 20.6 Å². The van der Waals surface area contributed by atoms with E-state index in [2.05, 4.69) is 32.6 Å². The molecule has 2 heterocycles. The molecule has 0 aliphatic carbocycles. The van der Waals surface area contributed by atoms with Crippen molar-refractivity contribution < 1.29 is 9.18 Å². The van der Waals surface area contributed by atoms with Gasteiger partial charge in [0.2, 0.25) is 0 Å². The maximum atomic E-state index is 13.7. The smallest absolute Gasteiger partial charge is 0.308 e. The lowest BCUT2D eigenvalue weighted by Crippen LogP contribution is -2.20. The van der Waals surface area contributed by atoms with Crippen LogP contribution >= 0.6 is 11.8 Å². The number of nitrogens with one attached hydrogen (secondary N) is 2. The second-order valence-electron chi connectivity index (χ2n) is 6.89. The number of benzene rings is 2. The van der Waals surface area contributed by atoms with E-state index in [0.717, 1.165) is 34.0 Å². The Bertz CT molecular complexity index is 1220. The van der Waals surface area contributed by atoms with Gasteiger partial charge in [-0.3, -0.25) is 0 Å². The van der Waals surface area contributed by atoms with Gasteiger partial charge < -0.3 is 10.6 Å². The van der Waals surface area contributed by atoms with Crippen LogP contribution in [0, 0.1) is 12.7 Å². The molecule has 9 heteroatoms. The molecule has 0 fully saturated rings. The van der Waals surface area contributed by atoms with E-state index >= 15 is 0 Å². The first-order valence-electron chi connectivity index (χ1n) is 9.85. The summed E-state index contributed by atoms with van der Waals surface area (Å²) in [5, 5.41) is 10.5. The Balaban J connectivity index is 1.50. The van der Waals surface area contributed by atoms with Gasteiger partial charge in [0.05, 0.1) is 5.69 Å². The summed E-state index contributed by atoms with van der Waals surface area (Å²) in [6.07, 6.45) is 3.39. The molecule has 2 aromatic heterocycles. The Morgan fingerprint density at radius 3 is 2.65 bits per heavy atom. The number of carbonyl (C=O) groups excluding carboxylic acids is 1. The minimum absolute atomic E-state index is 0.125. The van der Waals surface area contributed by atoms with Gasteiger partial charge in [0, 0.05) is 21.8 Å². The lowest BCUT2D eigenvalue weighted by atomic mass is 10.1. The third kappa shape index (κ3) is 4.66. The van der Waals surface area contributed by atoms with E-state index in [-0.39, 0.29) is 5.69 Å². The minimum atomic E-state index is -0.509. The van der Waals surface area contributed by atoms with Crippen LogP contribution in [0.1, 0.15) is 24.6 Å².